The Morgan fingerprint density at radius 2 is 2.36 bits per heavy atom. The van der Waals surface area contributed by atoms with Gasteiger partial charge in [-0.2, -0.15) is 0 Å². The lowest BCUT2D eigenvalue weighted by Gasteiger charge is -2.30. The number of anilines is 1. The highest BCUT2D eigenvalue weighted by Crippen LogP contribution is 2.32. The summed E-state index contributed by atoms with van der Waals surface area (Å²) in [7, 11) is 0. The molecule has 0 unspecified atom stereocenters. The maximum atomic E-state index is 9.69. The molecule has 0 fully saturated rings. The topological polar surface area (TPSA) is 23.5 Å². The summed E-state index contributed by atoms with van der Waals surface area (Å²) < 4.78 is 0. The molecule has 0 radical (unpaired) electrons. The van der Waals surface area contributed by atoms with Crippen LogP contribution in [0.5, 0.6) is 5.75 Å². The molecule has 0 saturated heterocycles. The van der Waals surface area contributed by atoms with Gasteiger partial charge in [-0.1, -0.05) is 12.1 Å². The van der Waals surface area contributed by atoms with Crippen LogP contribution in [0.1, 0.15) is 12.0 Å². The van der Waals surface area contributed by atoms with Crippen molar-refractivity contribution in [3.8, 4) is 5.75 Å². The predicted molar refractivity (Wildman–Crippen MR) is 58.8 cm³/mol. The van der Waals surface area contributed by atoms with Crippen molar-refractivity contribution in [2.45, 2.75) is 12.8 Å². The monoisotopic (exact) mass is 189 g/mol. The van der Waals surface area contributed by atoms with E-state index in [1.54, 1.807) is 6.07 Å². The molecule has 0 amide bonds. The molecule has 0 saturated carbocycles. The summed E-state index contributed by atoms with van der Waals surface area (Å²) in [5.41, 5.74) is 2.25. The van der Waals surface area contributed by atoms with Gasteiger partial charge >= 0.3 is 0 Å². The van der Waals surface area contributed by atoms with Crippen LogP contribution in [0.3, 0.4) is 0 Å². The minimum atomic E-state index is 0.427. The Hall–Kier alpha value is -1.44. The zero-order valence-electron chi connectivity index (χ0n) is 8.24. The second kappa shape index (κ2) is 3.74. The summed E-state index contributed by atoms with van der Waals surface area (Å²) in [5, 5.41) is 9.69. The Balaban J connectivity index is 2.39. The lowest BCUT2D eigenvalue weighted by molar-refractivity contribution is 0.465. The minimum Gasteiger partial charge on any atom is -0.508 e. The smallest absolute Gasteiger partial charge is 0.120 e. The van der Waals surface area contributed by atoms with E-state index in [1.807, 2.05) is 12.1 Å². The molecule has 1 N–H and O–H groups in total. The normalized spacial score (nSPS) is 15.0. The summed E-state index contributed by atoms with van der Waals surface area (Å²) >= 11 is 0. The molecular formula is C12H15NO. The molecule has 1 aromatic rings. The van der Waals surface area contributed by atoms with Crippen molar-refractivity contribution in [3.05, 3.63) is 36.4 Å². The Labute approximate surface area is 84.5 Å². The van der Waals surface area contributed by atoms with E-state index in [4.69, 9.17) is 0 Å². The third-order valence-corrected chi connectivity index (χ3v) is 2.67. The van der Waals surface area contributed by atoms with Crippen LogP contribution in [-0.2, 0) is 6.42 Å². The molecule has 1 heterocycles. The molecule has 1 aliphatic heterocycles. The van der Waals surface area contributed by atoms with Crippen LogP contribution in [0.25, 0.3) is 0 Å². The predicted octanol–water partition coefficient (Wildman–Crippen LogP) is 2.33. The van der Waals surface area contributed by atoms with Gasteiger partial charge in [-0.05, 0) is 25.0 Å². The molecule has 14 heavy (non-hydrogen) atoms. The Morgan fingerprint density at radius 3 is 3.14 bits per heavy atom. The fourth-order valence-electron chi connectivity index (χ4n) is 2.03. The van der Waals surface area contributed by atoms with E-state index in [0.717, 1.165) is 37.2 Å². The van der Waals surface area contributed by atoms with E-state index < -0.39 is 0 Å². The number of hydrogen-bond donors (Lipinski definition) is 1. The quantitative estimate of drug-likeness (QED) is 0.722. The fourth-order valence-corrected chi connectivity index (χ4v) is 2.03. The van der Waals surface area contributed by atoms with Crippen molar-refractivity contribution in [1.29, 1.82) is 0 Å². The van der Waals surface area contributed by atoms with Gasteiger partial charge in [-0.25, -0.2) is 0 Å². The van der Waals surface area contributed by atoms with E-state index in [-0.39, 0.29) is 0 Å². The highest BCUT2D eigenvalue weighted by molar-refractivity contribution is 5.60. The van der Waals surface area contributed by atoms with Gasteiger partial charge in [0.1, 0.15) is 5.75 Å². The summed E-state index contributed by atoms with van der Waals surface area (Å²) in [5.74, 6) is 0.427. The Bertz CT molecular complexity index is 346. The molecular weight excluding hydrogens is 174 g/mol. The van der Waals surface area contributed by atoms with Crippen molar-refractivity contribution >= 4 is 5.69 Å². The highest BCUT2D eigenvalue weighted by atomic mass is 16.3. The largest absolute Gasteiger partial charge is 0.508 e. The van der Waals surface area contributed by atoms with Gasteiger partial charge in [0.2, 0.25) is 0 Å². The first kappa shape index (κ1) is 9.13. The number of phenolic OH excluding ortho intramolecular Hbond substituents is 1. The van der Waals surface area contributed by atoms with Crippen LogP contribution in [0.15, 0.2) is 30.9 Å². The average Bonchev–Trinajstić information content (AvgIpc) is 2.20. The minimum absolute atomic E-state index is 0.427. The van der Waals surface area contributed by atoms with Crippen molar-refractivity contribution in [2.75, 3.05) is 18.0 Å². The molecule has 74 valence electrons. The number of benzene rings is 1. The first-order chi connectivity index (χ1) is 6.83. The van der Waals surface area contributed by atoms with Crippen molar-refractivity contribution in [1.82, 2.24) is 0 Å². The van der Waals surface area contributed by atoms with Gasteiger partial charge < -0.3 is 10.0 Å². The lowest BCUT2D eigenvalue weighted by atomic mass is 10.0. The molecule has 1 aromatic carbocycles. The van der Waals surface area contributed by atoms with E-state index in [2.05, 4.69) is 17.5 Å². The lowest BCUT2D eigenvalue weighted by Crippen LogP contribution is -2.29. The molecule has 1 aliphatic rings. The molecule has 2 nitrogen and oxygen atoms in total. The van der Waals surface area contributed by atoms with Gasteiger partial charge in [0.15, 0.2) is 0 Å². The maximum absolute atomic E-state index is 9.69. The van der Waals surface area contributed by atoms with Crippen molar-refractivity contribution in [3.63, 3.8) is 0 Å². The van der Waals surface area contributed by atoms with Crippen LogP contribution in [0, 0.1) is 0 Å². The molecule has 2 rings (SSSR count). The van der Waals surface area contributed by atoms with Gasteiger partial charge in [-0.15, -0.1) is 6.58 Å². The second-order valence-corrected chi connectivity index (χ2v) is 3.61. The molecule has 0 spiro atoms. The third kappa shape index (κ3) is 1.48. The number of nitrogens with zero attached hydrogens (tertiary/aromatic N) is 1. The van der Waals surface area contributed by atoms with Crippen LogP contribution in [-0.4, -0.2) is 18.2 Å². The highest BCUT2D eigenvalue weighted by Gasteiger charge is 2.17. The molecule has 0 bridgehead atoms. The zero-order chi connectivity index (χ0) is 9.97. The van der Waals surface area contributed by atoms with Gasteiger partial charge in [0.05, 0.1) is 0 Å². The van der Waals surface area contributed by atoms with E-state index in [9.17, 15) is 5.11 Å². The van der Waals surface area contributed by atoms with Crippen LogP contribution >= 0.6 is 0 Å². The Kier molecular flexibility index (Phi) is 2.44. The number of aromatic hydroxyl groups is 1. The fraction of sp³-hybridized carbons (Fsp3) is 0.333. The van der Waals surface area contributed by atoms with E-state index in [0.29, 0.717) is 5.75 Å². The number of hydrogen-bond acceptors (Lipinski definition) is 2. The zero-order valence-corrected chi connectivity index (χ0v) is 8.24. The summed E-state index contributed by atoms with van der Waals surface area (Å²) in [6, 6.07) is 5.73. The third-order valence-electron chi connectivity index (χ3n) is 2.67. The number of fused-ring (bicyclic) bond motifs is 1. The van der Waals surface area contributed by atoms with E-state index in [1.165, 1.54) is 0 Å². The number of phenols is 1. The van der Waals surface area contributed by atoms with Gasteiger partial charge in [-0.3, -0.25) is 0 Å². The van der Waals surface area contributed by atoms with E-state index >= 15 is 0 Å². The molecule has 2 heteroatoms. The summed E-state index contributed by atoms with van der Waals surface area (Å²) in [4.78, 5) is 2.26. The van der Waals surface area contributed by atoms with Crippen molar-refractivity contribution in [2.24, 2.45) is 0 Å². The summed E-state index contributed by atoms with van der Waals surface area (Å²) in [6.45, 7) is 5.66. The second-order valence-electron chi connectivity index (χ2n) is 3.61. The average molecular weight is 189 g/mol. The van der Waals surface area contributed by atoms with Crippen molar-refractivity contribution < 1.29 is 5.11 Å². The van der Waals surface area contributed by atoms with Crippen LogP contribution in [0.2, 0.25) is 0 Å². The SMILES string of the molecule is C=CCN1CCCc2c(O)cccc21. The molecule has 0 aliphatic carbocycles. The number of rotatable bonds is 2. The first-order valence-electron chi connectivity index (χ1n) is 4.99. The summed E-state index contributed by atoms with van der Waals surface area (Å²) in [6.07, 6.45) is 3.99. The van der Waals surface area contributed by atoms with Crippen LogP contribution in [0.4, 0.5) is 5.69 Å². The maximum Gasteiger partial charge on any atom is 0.120 e. The Morgan fingerprint density at radius 1 is 1.50 bits per heavy atom. The first-order valence-corrected chi connectivity index (χ1v) is 4.99. The standard InChI is InChI=1S/C12H15NO/c1-2-8-13-9-4-5-10-11(13)6-3-7-12(10)14/h2-3,6-7,14H,1,4-5,8-9H2. The van der Waals surface area contributed by atoms with Crippen LogP contribution < -0.4 is 4.90 Å². The molecule has 0 aromatic heterocycles. The van der Waals surface area contributed by atoms with Gasteiger partial charge in [0.25, 0.3) is 0 Å². The molecule has 0 atom stereocenters. The van der Waals surface area contributed by atoms with Gasteiger partial charge in [0, 0.05) is 24.3 Å².